The van der Waals surface area contributed by atoms with Gasteiger partial charge >= 0.3 is 0 Å². The zero-order valence-corrected chi connectivity index (χ0v) is 13.5. The monoisotopic (exact) mass is 284 g/mol. The molecule has 0 saturated carbocycles. The number of ether oxygens (including phenoxy) is 1. The Kier molecular flexibility index (Phi) is 4.63. The number of nitrogens with two attached hydrogens (primary N) is 1. The first kappa shape index (κ1) is 15.5. The van der Waals surface area contributed by atoms with Crippen molar-refractivity contribution in [1.29, 1.82) is 0 Å². The van der Waals surface area contributed by atoms with Crippen LogP contribution in [-0.4, -0.2) is 12.1 Å². The number of methoxy groups -OCH3 is 1. The molecule has 0 bridgehead atoms. The van der Waals surface area contributed by atoms with Crippen LogP contribution in [0.3, 0.4) is 0 Å². The van der Waals surface area contributed by atoms with Crippen LogP contribution in [0.5, 0.6) is 5.75 Å². The summed E-state index contributed by atoms with van der Waals surface area (Å²) in [6.07, 6.45) is 2.57. The first-order valence-corrected chi connectivity index (χ1v) is 7.25. The van der Waals surface area contributed by atoms with Gasteiger partial charge in [0.15, 0.2) is 0 Å². The molecule has 0 fully saturated rings. The van der Waals surface area contributed by atoms with E-state index in [0.29, 0.717) is 6.42 Å². The van der Waals surface area contributed by atoms with E-state index < -0.39 is 0 Å². The molecule has 2 aromatic rings. The molecule has 0 aliphatic heterocycles. The second kappa shape index (κ2) is 6.27. The predicted octanol–water partition coefficient (Wildman–Crippen LogP) is 3.57. The summed E-state index contributed by atoms with van der Waals surface area (Å²) in [4.78, 5) is 4.54. The van der Waals surface area contributed by atoms with Gasteiger partial charge in [-0.15, -0.1) is 0 Å². The summed E-state index contributed by atoms with van der Waals surface area (Å²) in [5.74, 6) is 0.910. The Bertz CT molecular complexity index is 630. The maximum absolute atomic E-state index is 6.38. The molecule has 21 heavy (non-hydrogen) atoms. The van der Waals surface area contributed by atoms with Gasteiger partial charge < -0.3 is 10.5 Å². The SMILES string of the molecule is COc1c(C)cnc(CC(N)c2cc(C)cc(C)c2)c1C. The van der Waals surface area contributed by atoms with Gasteiger partial charge in [0.1, 0.15) is 5.75 Å². The van der Waals surface area contributed by atoms with E-state index in [1.807, 2.05) is 20.0 Å². The minimum atomic E-state index is -0.0535. The van der Waals surface area contributed by atoms with Crippen molar-refractivity contribution in [3.8, 4) is 5.75 Å². The van der Waals surface area contributed by atoms with Gasteiger partial charge in [0, 0.05) is 35.5 Å². The lowest BCUT2D eigenvalue weighted by Crippen LogP contribution is -2.15. The van der Waals surface area contributed by atoms with Crippen molar-refractivity contribution in [3.05, 3.63) is 57.9 Å². The van der Waals surface area contributed by atoms with Gasteiger partial charge in [-0.25, -0.2) is 0 Å². The molecular weight excluding hydrogens is 260 g/mol. The summed E-state index contributed by atoms with van der Waals surface area (Å²) in [5.41, 5.74) is 13.2. The van der Waals surface area contributed by atoms with Gasteiger partial charge in [-0.3, -0.25) is 4.98 Å². The molecule has 1 aromatic heterocycles. The minimum Gasteiger partial charge on any atom is -0.496 e. The second-order valence-corrected chi connectivity index (χ2v) is 5.78. The third-order valence-corrected chi connectivity index (χ3v) is 3.84. The molecule has 112 valence electrons. The maximum atomic E-state index is 6.38. The highest BCUT2D eigenvalue weighted by molar-refractivity contribution is 5.42. The lowest BCUT2D eigenvalue weighted by Gasteiger charge is -2.17. The Morgan fingerprint density at radius 1 is 1.10 bits per heavy atom. The van der Waals surface area contributed by atoms with Crippen molar-refractivity contribution in [2.24, 2.45) is 5.73 Å². The number of aryl methyl sites for hydroxylation is 3. The van der Waals surface area contributed by atoms with Crippen molar-refractivity contribution in [2.75, 3.05) is 7.11 Å². The smallest absolute Gasteiger partial charge is 0.128 e. The zero-order chi connectivity index (χ0) is 15.6. The molecule has 0 radical (unpaired) electrons. The molecule has 0 aliphatic carbocycles. The third-order valence-electron chi connectivity index (χ3n) is 3.84. The lowest BCUT2D eigenvalue weighted by atomic mass is 9.96. The molecular formula is C18H24N2O. The van der Waals surface area contributed by atoms with Crippen LogP contribution in [0.2, 0.25) is 0 Å². The van der Waals surface area contributed by atoms with E-state index in [-0.39, 0.29) is 6.04 Å². The topological polar surface area (TPSA) is 48.1 Å². The molecule has 1 aromatic carbocycles. The summed E-state index contributed by atoms with van der Waals surface area (Å²) in [6.45, 7) is 8.25. The van der Waals surface area contributed by atoms with Gasteiger partial charge in [0.25, 0.3) is 0 Å². The van der Waals surface area contributed by atoms with E-state index in [9.17, 15) is 0 Å². The van der Waals surface area contributed by atoms with Gasteiger partial charge in [0.05, 0.1) is 7.11 Å². The van der Waals surface area contributed by atoms with Crippen LogP contribution < -0.4 is 10.5 Å². The van der Waals surface area contributed by atoms with Crippen LogP contribution in [0.15, 0.2) is 24.4 Å². The Labute approximate surface area is 127 Å². The Morgan fingerprint density at radius 2 is 1.71 bits per heavy atom. The van der Waals surface area contributed by atoms with Gasteiger partial charge in [-0.05, 0) is 33.3 Å². The summed E-state index contributed by atoms with van der Waals surface area (Å²) >= 11 is 0. The van der Waals surface area contributed by atoms with Gasteiger partial charge in [-0.2, -0.15) is 0 Å². The first-order chi connectivity index (χ1) is 9.92. The molecule has 3 nitrogen and oxygen atoms in total. The standard InChI is InChI=1S/C18H24N2O/c1-11-6-12(2)8-15(7-11)16(19)9-17-14(4)18(21-5)13(3)10-20-17/h6-8,10,16H,9,19H2,1-5H3. The second-order valence-electron chi connectivity index (χ2n) is 5.78. The lowest BCUT2D eigenvalue weighted by molar-refractivity contribution is 0.406. The van der Waals surface area contributed by atoms with Crippen molar-refractivity contribution in [2.45, 2.75) is 40.2 Å². The molecule has 2 N–H and O–H groups in total. The van der Waals surface area contributed by atoms with E-state index >= 15 is 0 Å². The average Bonchev–Trinajstić information content (AvgIpc) is 2.41. The van der Waals surface area contributed by atoms with Crippen LogP contribution in [-0.2, 0) is 6.42 Å². The zero-order valence-electron chi connectivity index (χ0n) is 13.5. The van der Waals surface area contributed by atoms with E-state index in [1.54, 1.807) is 7.11 Å². The fourth-order valence-corrected chi connectivity index (χ4v) is 2.83. The Morgan fingerprint density at radius 3 is 2.29 bits per heavy atom. The number of pyridine rings is 1. The van der Waals surface area contributed by atoms with E-state index in [0.717, 1.165) is 28.1 Å². The van der Waals surface area contributed by atoms with Crippen molar-refractivity contribution in [1.82, 2.24) is 4.98 Å². The van der Waals surface area contributed by atoms with Gasteiger partial charge in [0.2, 0.25) is 0 Å². The fraction of sp³-hybridized carbons (Fsp3) is 0.389. The van der Waals surface area contributed by atoms with Gasteiger partial charge in [-0.1, -0.05) is 29.3 Å². The largest absolute Gasteiger partial charge is 0.496 e. The summed E-state index contributed by atoms with van der Waals surface area (Å²) in [6, 6.07) is 6.41. The highest BCUT2D eigenvalue weighted by Gasteiger charge is 2.14. The van der Waals surface area contributed by atoms with Crippen LogP contribution in [0.1, 0.15) is 39.6 Å². The highest BCUT2D eigenvalue weighted by atomic mass is 16.5. The molecule has 1 unspecified atom stereocenters. The van der Waals surface area contributed by atoms with Crippen LogP contribution in [0.25, 0.3) is 0 Å². The Balaban J connectivity index is 2.29. The number of rotatable bonds is 4. The highest BCUT2D eigenvalue weighted by Crippen LogP contribution is 2.27. The third kappa shape index (κ3) is 3.42. The summed E-state index contributed by atoms with van der Waals surface area (Å²) in [7, 11) is 1.70. The molecule has 1 atom stereocenters. The Hall–Kier alpha value is -1.87. The molecule has 0 amide bonds. The molecule has 0 aliphatic rings. The van der Waals surface area contributed by atoms with Crippen LogP contribution in [0, 0.1) is 27.7 Å². The van der Waals surface area contributed by atoms with Crippen molar-refractivity contribution < 1.29 is 4.74 Å². The average molecular weight is 284 g/mol. The minimum absolute atomic E-state index is 0.0535. The van der Waals surface area contributed by atoms with Crippen molar-refractivity contribution in [3.63, 3.8) is 0 Å². The number of hydrogen-bond donors (Lipinski definition) is 1. The number of nitrogens with zero attached hydrogens (tertiary/aromatic N) is 1. The summed E-state index contributed by atoms with van der Waals surface area (Å²) in [5, 5.41) is 0. The number of benzene rings is 1. The quantitative estimate of drug-likeness (QED) is 0.933. The predicted molar refractivity (Wildman–Crippen MR) is 86.8 cm³/mol. The molecule has 2 rings (SSSR count). The fourth-order valence-electron chi connectivity index (χ4n) is 2.83. The van der Waals surface area contributed by atoms with Crippen LogP contribution in [0.4, 0.5) is 0 Å². The number of aromatic nitrogens is 1. The number of hydrogen-bond acceptors (Lipinski definition) is 3. The summed E-state index contributed by atoms with van der Waals surface area (Å²) < 4.78 is 5.46. The van der Waals surface area contributed by atoms with E-state index in [2.05, 4.69) is 37.0 Å². The molecule has 0 spiro atoms. The first-order valence-electron chi connectivity index (χ1n) is 7.25. The normalized spacial score (nSPS) is 12.3. The molecule has 0 saturated heterocycles. The van der Waals surface area contributed by atoms with E-state index in [1.165, 1.54) is 11.1 Å². The molecule has 1 heterocycles. The van der Waals surface area contributed by atoms with E-state index in [4.69, 9.17) is 10.5 Å². The van der Waals surface area contributed by atoms with Crippen LogP contribution >= 0.6 is 0 Å². The maximum Gasteiger partial charge on any atom is 0.128 e. The van der Waals surface area contributed by atoms with Crippen molar-refractivity contribution >= 4 is 0 Å². The molecule has 3 heteroatoms.